The molecule has 126 valence electrons. The van der Waals surface area contributed by atoms with Gasteiger partial charge in [-0.05, 0) is 76.0 Å². The van der Waals surface area contributed by atoms with Gasteiger partial charge in [0.15, 0.2) is 5.82 Å². The van der Waals surface area contributed by atoms with E-state index in [0.717, 1.165) is 29.9 Å². The maximum Gasteiger partial charge on any atom is 0.184 e. The monoisotopic (exact) mass is 322 g/mol. The van der Waals surface area contributed by atoms with Gasteiger partial charge in [-0.2, -0.15) is 0 Å². The molecule has 4 nitrogen and oxygen atoms in total. The molecule has 0 amide bonds. The van der Waals surface area contributed by atoms with Crippen molar-refractivity contribution in [2.24, 2.45) is 11.8 Å². The molecular weight excluding hydrogens is 296 g/mol. The fourth-order valence-corrected chi connectivity index (χ4v) is 5.10. The average Bonchev–Trinajstić information content (AvgIpc) is 3.44. The number of fused-ring (bicyclic) bond motifs is 2. The second-order valence-corrected chi connectivity index (χ2v) is 8.71. The Morgan fingerprint density at radius 2 is 1.75 bits per heavy atom. The van der Waals surface area contributed by atoms with Crippen LogP contribution in [0.15, 0.2) is 12.3 Å². The average molecular weight is 322 g/mol. The van der Waals surface area contributed by atoms with Gasteiger partial charge in [0.05, 0.1) is 5.70 Å². The normalized spacial score (nSPS) is 28.0. The van der Waals surface area contributed by atoms with E-state index in [9.17, 15) is 0 Å². The first-order valence-electron chi connectivity index (χ1n) is 9.93. The number of aromatic nitrogens is 3. The number of nitrogens with zero attached hydrogens (tertiary/aromatic N) is 4. The van der Waals surface area contributed by atoms with Crippen molar-refractivity contribution in [3.05, 3.63) is 23.9 Å². The Morgan fingerprint density at radius 3 is 2.42 bits per heavy atom. The van der Waals surface area contributed by atoms with Gasteiger partial charge in [-0.15, -0.1) is 10.2 Å². The van der Waals surface area contributed by atoms with Crippen molar-refractivity contribution in [1.29, 1.82) is 0 Å². The molecule has 0 aromatic carbocycles. The quantitative estimate of drug-likeness (QED) is 0.835. The molecule has 1 aliphatic heterocycles. The van der Waals surface area contributed by atoms with E-state index in [-0.39, 0.29) is 0 Å². The van der Waals surface area contributed by atoms with Crippen molar-refractivity contribution in [3.63, 3.8) is 0 Å². The molecule has 0 N–H and O–H groups in total. The van der Waals surface area contributed by atoms with Crippen LogP contribution in [-0.2, 0) is 5.41 Å². The highest BCUT2D eigenvalue weighted by Crippen LogP contribution is 2.62. The third-order valence-corrected chi connectivity index (χ3v) is 6.98. The summed E-state index contributed by atoms with van der Waals surface area (Å²) >= 11 is 0. The highest BCUT2D eigenvalue weighted by molar-refractivity contribution is 5.71. The van der Waals surface area contributed by atoms with E-state index in [4.69, 9.17) is 5.10 Å². The summed E-state index contributed by atoms with van der Waals surface area (Å²) in [4.78, 5) is 2.51. The number of hydrogen-bond acceptors (Lipinski definition) is 3. The minimum atomic E-state index is 0.361. The van der Waals surface area contributed by atoms with E-state index < -0.39 is 0 Å². The smallest absolute Gasteiger partial charge is 0.184 e. The molecule has 0 atom stereocenters. The summed E-state index contributed by atoms with van der Waals surface area (Å²) in [6.45, 7) is 5.60. The van der Waals surface area contributed by atoms with Gasteiger partial charge in [0.25, 0.3) is 0 Å². The summed E-state index contributed by atoms with van der Waals surface area (Å²) in [5.41, 5.74) is 4.52. The molecule has 0 unspecified atom stereocenters. The second kappa shape index (κ2) is 4.53. The standard InChI is InChI=1S/C20H26N4/c1-13-18-21-22-19(20(10-11-20)15-8-9-15)24(18)17-5-3-2-4-16(17)23(13)12-14-6-7-14/h14-15H,1-12H2. The minimum Gasteiger partial charge on any atom is -0.341 e. The molecule has 0 spiro atoms. The molecule has 1 aromatic rings. The lowest BCUT2D eigenvalue weighted by Gasteiger charge is -2.38. The van der Waals surface area contributed by atoms with Crippen molar-refractivity contribution < 1.29 is 0 Å². The summed E-state index contributed by atoms with van der Waals surface area (Å²) in [6.07, 6.45) is 13.2. The fourth-order valence-electron chi connectivity index (χ4n) is 5.10. The molecule has 1 aromatic heterocycles. The largest absolute Gasteiger partial charge is 0.341 e. The van der Waals surface area contributed by atoms with Gasteiger partial charge in [-0.3, -0.25) is 4.57 Å². The summed E-state index contributed by atoms with van der Waals surface area (Å²) in [5.74, 6) is 4.06. The van der Waals surface area contributed by atoms with Crippen LogP contribution in [0.3, 0.4) is 0 Å². The van der Waals surface area contributed by atoms with Crippen LogP contribution in [0.5, 0.6) is 0 Å². The summed E-state index contributed by atoms with van der Waals surface area (Å²) < 4.78 is 2.46. The Bertz CT molecular complexity index is 759. The first-order valence-corrected chi connectivity index (χ1v) is 9.93. The molecule has 2 heterocycles. The van der Waals surface area contributed by atoms with E-state index >= 15 is 0 Å². The Labute approximate surface area is 143 Å². The van der Waals surface area contributed by atoms with Crippen molar-refractivity contribution in [1.82, 2.24) is 19.7 Å². The van der Waals surface area contributed by atoms with Gasteiger partial charge in [0.2, 0.25) is 0 Å². The van der Waals surface area contributed by atoms with Crippen LogP contribution < -0.4 is 0 Å². The predicted molar refractivity (Wildman–Crippen MR) is 93.8 cm³/mol. The van der Waals surface area contributed by atoms with Crippen LogP contribution in [0, 0.1) is 11.8 Å². The molecule has 0 radical (unpaired) electrons. The van der Waals surface area contributed by atoms with Crippen molar-refractivity contribution in [3.8, 4) is 0 Å². The zero-order chi connectivity index (χ0) is 15.9. The SMILES string of the molecule is C=C1c2nnc(C3(C4CC4)CC3)n2C2=C(CCCC2)N1CC1CC1. The Kier molecular flexibility index (Phi) is 2.58. The molecule has 4 heteroatoms. The van der Waals surface area contributed by atoms with Crippen molar-refractivity contribution >= 4 is 11.4 Å². The third-order valence-electron chi connectivity index (χ3n) is 6.98. The van der Waals surface area contributed by atoms with Crippen LogP contribution >= 0.6 is 0 Å². The maximum atomic E-state index is 4.76. The zero-order valence-corrected chi connectivity index (χ0v) is 14.4. The lowest BCUT2D eigenvalue weighted by molar-refractivity contribution is 0.410. The first-order chi connectivity index (χ1) is 11.8. The second-order valence-electron chi connectivity index (χ2n) is 8.71. The summed E-state index contributed by atoms with van der Waals surface area (Å²) in [5, 5.41) is 9.42. The molecule has 3 fully saturated rings. The molecule has 0 bridgehead atoms. The van der Waals surface area contributed by atoms with Crippen molar-refractivity contribution in [2.75, 3.05) is 6.54 Å². The first kappa shape index (κ1) is 13.7. The molecule has 6 rings (SSSR count). The topological polar surface area (TPSA) is 34.0 Å². The minimum absolute atomic E-state index is 0.361. The van der Waals surface area contributed by atoms with Crippen LogP contribution in [-0.4, -0.2) is 26.2 Å². The van der Waals surface area contributed by atoms with Crippen LogP contribution in [0.4, 0.5) is 0 Å². The molecule has 3 saturated carbocycles. The van der Waals surface area contributed by atoms with Crippen LogP contribution in [0.1, 0.15) is 75.9 Å². The molecular formula is C20H26N4. The van der Waals surface area contributed by atoms with E-state index in [2.05, 4.69) is 21.1 Å². The van der Waals surface area contributed by atoms with Gasteiger partial charge < -0.3 is 4.90 Å². The van der Waals surface area contributed by atoms with Gasteiger partial charge in [-0.1, -0.05) is 6.58 Å². The lowest BCUT2D eigenvalue weighted by Crippen LogP contribution is -2.33. The fraction of sp³-hybridized carbons (Fsp3) is 0.700. The van der Waals surface area contributed by atoms with Gasteiger partial charge in [0.1, 0.15) is 5.82 Å². The molecule has 4 aliphatic carbocycles. The van der Waals surface area contributed by atoms with Gasteiger partial charge >= 0.3 is 0 Å². The number of rotatable bonds is 4. The van der Waals surface area contributed by atoms with E-state index in [1.165, 1.54) is 75.7 Å². The van der Waals surface area contributed by atoms with Crippen LogP contribution in [0.25, 0.3) is 11.4 Å². The Hall–Kier alpha value is -1.58. The highest BCUT2D eigenvalue weighted by atomic mass is 15.4. The number of hydrogen-bond donors (Lipinski definition) is 0. The molecule has 24 heavy (non-hydrogen) atoms. The molecule has 0 saturated heterocycles. The summed E-state index contributed by atoms with van der Waals surface area (Å²) in [6, 6.07) is 0. The Balaban J connectivity index is 1.50. The van der Waals surface area contributed by atoms with E-state index in [1.54, 1.807) is 5.70 Å². The third kappa shape index (κ3) is 1.80. The highest BCUT2D eigenvalue weighted by Gasteiger charge is 2.58. The van der Waals surface area contributed by atoms with Gasteiger partial charge in [0, 0.05) is 23.4 Å². The van der Waals surface area contributed by atoms with Crippen LogP contribution in [0.2, 0.25) is 0 Å². The summed E-state index contributed by atoms with van der Waals surface area (Å²) in [7, 11) is 0. The van der Waals surface area contributed by atoms with Crippen molar-refractivity contribution in [2.45, 2.75) is 69.6 Å². The lowest BCUT2D eigenvalue weighted by atomic mass is 9.94. The van der Waals surface area contributed by atoms with E-state index in [0.29, 0.717) is 5.41 Å². The predicted octanol–water partition coefficient (Wildman–Crippen LogP) is 4.16. The maximum absolute atomic E-state index is 4.76. The zero-order valence-electron chi connectivity index (χ0n) is 14.4. The van der Waals surface area contributed by atoms with E-state index in [1.807, 2.05) is 0 Å². The van der Waals surface area contributed by atoms with Gasteiger partial charge in [-0.25, -0.2) is 0 Å². The Morgan fingerprint density at radius 1 is 1.00 bits per heavy atom. The molecule has 5 aliphatic rings. The number of allylic oxidation sites excluding steroid dienone is 2.